The summed E-state index contributed by atoms with van der Waals surface area (Å²) in [6.45, 7) is 4.32. The molecule has 0 saturated heterocycles. The van der Waals surface area contributed by atoms with E-state index in [9.17, 15) is 9.59 Å². The molecule has 0 aliphatic rings. The summed E-state index contributed by atoms with van der Waals surface area (Å²) in [5.74, 6) is -1.31. The van der Waals surface area contributed by atoms with E-state index in [4.69, 9.17) is 22.7 Å². The second-order valence-electron chi connectivity index (χ2n) is 4.20. The second kappa shape index (κ2) is 8.73. The van der Waals surface area contributed by atoms with Gasteiger partial charge >= 0.3 is 6.09 Å². The Labute approximate surface area is 137 Å². The van der Waals surface area contributed by atoms with Crippen molar-refractivity contribution in [2.45, 2.75) is 20.3 Å². The summed E-state index contributed by atoms with van der Waals surface area (Å²) in [5.41, 5.74) is 5.41. The molecule has 1 heterocycles. The van der Waals surface area contributed by atoms with Gasteiger partial charge in [0, 0.05) is 6.54 Å². The minimum atomic E-state index is -0.867. The summed E-state index contributed by atoms with van der Waals surface area (Å²) in [7, 11) is 0. The SMILES string of the molecule is CCCNc1nc(N)c(C(=O)NC(=N)NC(=O)OCC)nc1Cl. The number of ether oxygens (including phenoxy) is 1. The van der Waals surface area contributed by atoms with E-state index in [0.717, 1.165) is 6.42 Å². The van der Waals surface area contributed by atoms with Crippen LogP contribution in [-0.4, -0.2) is 41.1 Å². The molecule has 6 N–H and O–H groups in total. The molecule has 126 valence electrons. The molecule has 1 rings (SSSR count). The first kappa shape index (κ1) is 18.4. The van der Waals surface area contributed by atoms with E-state index < -0.39 is 18.0 Å². The summed E-state index contributed by atoms with van der Waals surface area (Å²) in [6.07, 6.45) is -0.0226. The van der Waals surface area contributed by atoms with Gasteiger partial charge in [-0.2, -0.15) is 0 Å². The van der Waals surface area contributed by atoms with Crippen molar-refractivity contribution in [1.82, 2.24) is 20.6 Å². The largest absolute Gasteiger partial charge is 0.450 e. The molecule has 0 aromatic carbocycles. The van der Waals surface area contributed by atoms with Crippen molar-refractivity contribution in [2.75, 3.05) is 24.2 Å². The van der Waals surface area contributed by atoms with Crippen LogP contribution in [0.3, 0.4) is 0 Å². The van der Waals surface area contributed by atoms with E-state index in [1.165, 1.54) is 0 Å². The molecule has 10 nitrogen and oxygen atoms in total. The number of nitrogens with zero attached hydrogens (tertiary/aromatic N) is 2. The number of nitrogens with one attached hydrogen (secondary N) is 4. The minimum absolute atomic E-state index is 0.0253. The maximum Gasteiger partial charge on any atom is 0.413 e. The molecule has 0 fully saturated rings. The molecule has 1 aromatic heterocycles. The Morgan fingerprint density at radius 1 is 1.30 bits per heavy atom. The number of rotatable bonds is 5. The molecule has 0 aliphatic carbocycles. The van der Waals surface area contributed by atoms with Crippen LogP contribution >= 0.6 is 11.6 Å². The molecule has 0 unspecified atom stereocenters. The third kappa shape index (κ3) is 5.58. The third-order valence-corrected chi connectivity index (χ3v) is 2.64. The first-order valence-electron chi connectivity index (χ1n) is 6.79. The highest BCUT2D eigenvalue weighted by Gasteiger charge is 2.18. The highest BCUT2D eigenvalue weighted by molar-refractivity contribution is 6.32. The summed E-state index contributed by atoms with van der Waals surface area (Å²) < 4.78 is 4.57. The Morgan fingerprint density at radius 2 is 2.00 bits per heavy atom. The van der Waals surface area contributed by atoms with Crippen molar-refractivity contribution in [3.05, 3.63) is 10.8 Å². The molecule has 11 heteroatoms. The number of hydrogen-bond acceptors (Lipinski definition) is 8. The van der Waals surface area contributed by atoms with E-state index in [2.05, 4.69) is 25.3 Å². The number of guanidine groups is 1. The monoisotopic (exact) mass is 343 g/mol. The zero-order chi connectivity index (χ0) is 17.4. The van der Waals surface area contributed by atoms with Gasteiger partial charge in [0.1, 0.15) is 0 Å². The quantitative estimate of drug-likeness (QED) is 0.393. The van der Waals surface area contributed by atoms with Gasteiger partial charge in [0.05, 0.1) is 6.61 Å². The Morgan fingerprint density at radius 3 is 2.61 bits per heavy atom. The number of nitrogens with two attached hydrogens (primary N) is 1. The van der Waals surface area contributed by atoms with Gasteiger partial charge in [-0.15, -0.1) is 0 Å². The number of alkyl carbamates (subject to hydrolysis) is 1. The molecule has 0 atom stereocenters. The first-order valence-corrected chi connectivity index (χ1v) is 7.17. The molecule has 23 heavy (non-hydrogen) atoms. The highest BCUT2D eigenvalue weighted by Crippen LogP contribution is 2.20. The number of amides is 2. The lowest BCUT2D eigenvalue weighted by Crippen LogP contribution is -2.43. The zero-order valence-electron chi connectivity index (χ0n) is 12.7. The van der Waals surface area contributed by atoms with E-state index >= 15 is 0 Å². The number of carbonyl (C=O) groups is 2. The van der Waals surface area contributed by atoms with Gasteiger partial charge in [-0.25, -0.2) is 14.8 Å². The van der Waals surface area contributed by atoms with E-state index in [-0.39, 0.29) is 29.1 Å². The number of anilines is 2. The molecule has 0 saturated carbocycles. The van der Waals surface area contributed by atoms with Crippen molar-refractivity contribution in [3.8, 4) is 0 Å². The standard InChI is InChI=1S/C12H18ClN7O3/c1-3-5-16-9-7(13)17-6(8(14)18-9)10(21)19-11(15)20-12(22)23-4-2/h3-5H2,1-2H3,(H3,14,16,18)(H3,15,19,20,21,22). The maximum atomic E-state index is 12.0. The van der Waals surface area contributed by atoms with Gasteiger partial charge in [-0.3, -0.25) is 20.8 Å². The van der Waals surface area contributed by atoms with Crippen LogP contribution in [0.15, 0.2) is 0 Å². The molecule has 2 amide bonds. The number of halogens is 1. The summed E-state index contributed by atoms with van der Waals surface area (Å²) in [5, 5.41) is 14.4. The molecular formula is C12H18ClN7O3. The predicted octanol–water partition coefficient (Wildman–Crippen LogP) is 0.945. The summed E-state index contributed by atoms with van der Waals surface area (Å²) in [6, 6.07) is 0. The summed E-state index contributed by atoms with van der Waals surface area (Å²) >= 11 is 5.93. The Hall–Kier alpha value is -2.62. The van der Waals surface area contributed by atoms with E-state index in [1.807, 2.05) is 12.2 Å². The average molecular weight is 344 g/mol. The van der Waals surface area contributed by atoms with Crippen molar-refractivity contribution in [2.24, 2.45) is 0 Å². The lowest BCUT2D eigenvalue weighted by Gasteiger charge is -2.11. The van der Waals surface area contributed by atoms with Crippen molar-refractivity contribution in [3.63, 3.8) is 0 Å². The topological polar surface area (TPSA) is 155 Å². The van der Waals surface area contributed by atoms with Gasteiger partial charge in [0.15, 0.2) is 22.5 Å². The molecular weight excluding hydrogens is 326 g/mol. The number of nitrogen functional groups attached to an aromatic ring is 1. The second-order valence-corrected chi connectivity index (χ2v) is 4.56. The smallest absolute Gasteiger partial charge is 0.413 e. The van der Waals surface area contributed by atoms with Crippen LogP contribution in [-0.2, 0) is 4.74 Å². The number of aromatic nitrogens is 2. The Bertz CT molecular complexity index is 609. The molecule has 0 aliphatic heterocycles. The van der Waals surface area contributed by atoms with Gasteiger partial charge in [0.25, 0.3) is 5.91 Å². The maximum absolute atomic E-state index is 12.0. The normalized spacial score (nSPS) is 9.87. The molecule has 1 aromatic rings. The minimum Gasteiger partial charge on any atom is -0.450 e. The van der Waals surface area contributed by atoms with Gasteiger partial charge in [0.2, 0.25) is 5.96 Å². The number of carbonyl (C=O) groups excluding carboxylic acids is 2. The van der Waals surface area contributed by atoms with Crippen LogP contribution in [0.4, 0.5) is 16.4 Å². The van der Waals surface area contributed by atoms with E-state index in [0.29, 0.717) is 6.54 Å². The van der Waals surface area contributed by atoms with Crippen LogP contribution in [0.2, 0.25) is 5.15 Å². The Kier molecular flexibility index (Phi) is 7.00. The fourth-order valence-corrected chi connectivity index (χ4v) is 1.62. The van der Waals surface area contributed by atoms with Crippen LogP contribution in [0, 0.1) is 5.41 Å². The highest BCUT2D eigenvalue weighted by atomic mass is 35.5. The fraction of sp³-hybridized carbons (Fsp3) is 0.417. The lowest BCUT2D eigenvalue weighted by molar-refractivity contribution is 0.0971. The van der Waals surface area contributed by atoms with Gasteiger partial charge in [-0.05, 0) is 13.3 Å². The van der Waals surface area contributed by atoms with Crippen LogP contribution in [0.25, 0.3) is 0 Å². The predicted molar refractivity (Wildman–Crippen MR) is 85.6 cm³/mol. The van der Waals surface area contributed by atoms with Gasteiger partial charge < -0.3 is 15.8 Å². The fourth-order valence-electron chi connectivity index (χ4n) is 1.42. The Balaban J connectivity index is 2.78. The van der Waals surface area contributed by atoms with E-state index in [1.54, 1.807) is 6.92 Å². The lowest BCUT2D eigenvalue weighted by atomic mass is 10.3. The van der Waals surface area contributed by atoms with Crippen LogP contribution in [0.1, 0.15) is 30.8 Å². The number of hydrogen-bond donors (Lipinski definition) is 5. The van der Waals surface area contributed by atoms with Crippen LogP contribution < -0.4 is 21.7 Å². The average Bonchev–Trinajstić information content (AvgIpc) is 2.47. The van der Waals surface area contributed by atoms with Crippen molar-refractivity contribution in [1.29, 1.82) is 5.41 Å². The van der Waals surface area contributed by atoms with Crippen molar-refractivity contribution < 1.29 is 14.3 Å². The van der Waals surface area contributed by atoms with Crippen molar-refractivity contribution >= 4 is 41.2 Å². The van der Waals surface area contributed by atoms with Gasteiger partial charge in [-0.1, -0.05) is 18.5 Å². The molecule has 0 spiro atoms. The molecule has 0 bridgehead atoms. The third-order valence-electron chi connectivity index (χ3n) is 2.38. The zero-order valence-corrected chi connectivity index (χ0v) is 13.5. The first-order chi connectivity index (χ1) is 10.9. The summed E-state index contributed by atoms with van der Waals surface area (Å²) in [4.78, 5) is 30.9. The van der Waals surface area contributed by atoms with Crippen LogP contribution in [0.5, 0.6) is 0 Å². The molecule has 0 radical (unpaired) electrons.